The smallest absolute Gasteiger partial charge is 0.0678 e. The first-order valence-electron chi connectivity index (χ1n) is 8.47. The van der Waals surface area contributed by atoms with Crippen molar-refractivity contribution >= 4 is 23.7 Å². The van der Waals surface area contributed by atoms with E-state index in [1.165, 1.54) is 12.1 Å². The third kappa shape index (κ3) is 3.85. The summed E-state index contributed by atoms with van der Waals surface area (Å²) in [6.07, 6.45) is 0. The van der Waals surface area contributed by atoms with Crippen LogP contribution >= 0.6 is 0 Å². The molecule has 0 fully saturated rings. The Kier molecular flexibility index (Phi) is 7.86. The fourth-order valence-corrected chi connectivity index (χ4v) is 45.9. The van der Waals surface area contributed by atoms with E-state index in [0.29, 0.717) is 0 Å². The van der Waals surface area contributed by atoms with Crippen LogP contribution in [0.5, 0.6) is 0 Å². The van der Waals surface area contributed by atoms with Crippen molar-refractivity contribution in [2.75, 3.05) is 0 Å². The van der Waals surface area contributed by atoms with E-state index in [-0.39, 0.29) is 0 Å². The van der Waals surface area contributed by atoms with Crippen LogP contribution in [-0.4, -0.2) is 23.7 Å². The molecule has 0 aliphatic heterocycles. The molecule has 0 N–H and O–H groups in total. The van der Waals surface area contributed by atoms with Crippen molar-refractivity contribution in [1.82, 2.24) is 0 Å². The third-order valence-corrected chi connectivity index (χ3v) is 41.5. The van der Waals surface area contributed by atoms with Crippen molar-refractivity contribution in [2.24, 2.45) is 0 Å². The lowest BCUT2D eigenvalue weighted by Gasteiger charge is -2.59. The molecule has 116 valence electrons. The number of rotatable bonds is 8. The van der Waals surface area contributed by atoms with Crippen molar-refractivity contribution < 1.29 is 0 Å². The molecule has 19 heavy (non-hydrogen) atoms. The summed E-state index contributed by atoms with van der Waals surface area (Å²) in [5, 5.41) is 0. The van der Waals surface area contributed by atoms with Crippen LogP contribution in [0.15, 0.2) is 0 Å². The first-order valence-corrected chi connectivity index (χ1v) is 16.8. The van der Waals surface area contributed by atoms with Gasteiger partial charge in [0, 0.05) is 0 Å². The second-order valence-electron chi connectivity index (χ2n) is 7.69. The van der Waals surface area contributed by atoms with E-state index in [1.807, 2.05) is 0 Å². The molecule has 0 radical (unpaired) electrons. The van der Waals surface area contributed by atoms with Crippen LogP contribution in [0.1, 0.15) is 69.2 Å². The Morgan fingerprint density at radius 2 is 0.789 bits per heavy atom. The van der Waals surface area contributed by atoms with Crippen LogP contribution < -0.4 is 0 Å². The van der Waals surface area contributed by atoms with Gasteiger partial charge in [0.05, 0.1) is 0 Å². The van der Waals surface area contributed by atoms with Crippen LogP contribution in [-0.2, 0) is 0 Å². The van der Waals surface area contributed by atoms with Crippen molar-refractivity contribution in [3.63, 3.8) is 0 Å². The van der Waals surface area contributed by atoms with E-state index in [2.05, 4.69) is 69.2 Å². The van der Waals surface area contributed by atoms with E-state index in [1.54, 1.807) is 0 Å². The summed E-state index contributed by atoms with van der Waals surface area (Å²) < 4.78 is 0. The predicted molar refractivity (Wildman–Crippen MR) is 100 cm³/mol. The standard InChI is InChI=1S/C16H39Si3/c1-11-18(13(3)4,14(5)6)17-19(12-2,15(7)8)16(9)10/h13-17H,11-12H2,1-10H3/q-1. The Balaban J connectivity index is 5.62. The molecule has 0 spiro atoms. The maximum atomic E-state index is 2.54. The summed E-state index contributed by atoms with van der Waals surface area (Å²) in [6, 6.07) is 3.04. The van der Waals surface area contributed by atoms with Gasteiger partial charge in [0.2, 0.25) is 0 Å². The molecule has 0 aromatic heterocycles. The van der Waals surface area contributed by atoms with Crippen molar-refractivity contribution in [3.05, 3.63) is 0 Å². The number of hydrogen-bond donors (Lipinski definition) is 0. The molecule has 0 bridgehead atoms. The monoisotopic (exact) mass is 315 g/mol. The average Bonchev–Trinajstić information content (AvgIpc) is 2.29. The Hall–Kier alpha value is 0.651. The van der Waals surface area contributed by atoms with Crippen LogP contribution in [0.2, 0.25) is 34.3 Å². The van der Waals surface area contributed by atoms with Gasteiger partial charge in [-0.25, -0.2) is 0 Å². The zero-order chi connectivity index (χ0) is 15.4. The largest absolute Gasteiger partial charge is 0.269 e. The summed E-state index contributed by atoms with van der Waals surface area (Å²) in [5.74, 6) is 0. The van der Waals surface area contributed by atoms with Gasteiger partial charge in [-0.3, -0.25) is 8.55 Å². The lowest BCUT2D eigenvalue weighted by molar-refractivity contribution is 0.895. The van der Waals surface area contributed by atoms with E-state index < -0.39 is 15.2 Å². The zero-order valence-electron chi connectivity index (χ0n) is 15.3. The highest BCUT2D eigenvalue weighted by Gasteiger charge is 2.38. The molecule has 3 heteroatoms. The van der Waals surface area contributed by atoms with Gasteiger partial charge >= 0.3 is 0 Å². The van der Waals surface area contributed by atoms with Crippen LogP contribution in [0.25, 0.3) is 0 Å². The lowest BCUT2D eigenvalue weighted by atomic mass is 10.5. The Morgan fingerprint density at radius 3 is 0.895 bits per heavy atom. The summed E-state index contributed by atoms with van der Waals surface area (Å²) in [5.41, 5.74) is 3.90. The van der Waals surface area contributed by atoms with Gasteiger partial charge in [0.1, 0.15) is 0 Å². The van der Waals surface area contributed by atoms with Gasteiger partial charge in [-0.2, -0.15) is 0 Å². The van der Waals surface area contributed by atoms with Crippen molar-refractivity contribution in [1.29, 1.82) is 0 Å². The molecule has 0 amide bonds. The highest BCUT2D eigenvalue weighted by molar-refractivity contribution is 7.54. The summed E-state index contributed by atoms with van der Waals surface area (Å²) >= 11 is 0. The second-order valence-corrected chi connectivity index (χ2v) is 28.4. The van der Waals surface area contributed by atoms with E-state index in [0.717, 1.165) is 30.7 Å². The van der Waals surface area contributed by atoms with Gasteiger partial charge in [-0.1, -0.05) is 119 Å². The van der Waals surface area contributed by atoms with Crippen LogP contribution in [0.4, 0.5) is 0 Å². The van der Waals surface area contributed by atoms with E-state index >= 15 is 0 Å². The zero-order valence-corrected chi connectivity index (χ0v) is 18.5. The quantitative estimate of drug-likeness (QED) is 0.482. The molecule has 0 saturated heterocycles. The minimum Gasteiger partial charge on any atom is -0.269 e. The van der Waals surface area contributed by atoms with E-state index in [4.69, 9.17) is 0 Å². The van der Waals surface area contributed by atoms with E-state index in [9.17, 15) is 0 Å². The third-order valence-electron chi connectivity index (χ3n) is 6.06. The topological polar surface area (TPSA) is 0 Å². The Bertz CT molecular complexity index is 215. The van der Waals surface area contributed by atoms with Gasteiger partial charge in [-0.15, -0.1) is 0 Å². The lowest BCUT2D eigenvalue weighted by Crippen LogP contribution is -2.62. The second kappa shape index (κ2) is 7.60. The molecular weight excluding hydrogens is 276 g/mol. The predicted octanol–water partition coefficient (Wildman–Crippen LogP) is 5.99. The fraction of sp³-hybridized carbons (Fsp3) is 1.00. The van der Waals surface area contributed by atoms with Crippen LogP contribution in [0, 0.1) is 0 Å². The first-order chi connectivity index (χ1) is 8.60. The summed E-state index contributed by atoms with van der Waals surface area (Å²) in [4.78, 5) is 0. The highest BCUT2D eigenvalue weighted by atomic mass is 29.6. The normalized spacial score (nSPS) is 14.2. The van der Waals surface area contributed by atoms with Gasteiger partial charge in [-0.05, 0) is 0 Å². The highest BCUT2D eigenvalue weighted by Crippen LogP contribution is 2.43. The molecule has 0 aliphatic carbocycles. The molecule has 0 aromatic carbocycles. The molecule has 0 atom stereocenters. The SMILES string of the molecule is CC[Si]([SiH-][Si](CC)(C(C)C)C(C)C)(C(C)C)C(C)C. The molecule has 0 aliphatic rings. The van der Waals surface area contributed by atoms with Gasteiger partial charge < -0.3 is 0 Å². The molecule has 0 rings (SSSR count). The molecule has 0 aromatic rings. The Morgan fingerprint density at radius 1 is 0.579 bits per heavy atom. The Labute approximate surface area is 127 Å². The fourth-order valence-electron chi connectivity index (χ4n) is 4.34. The van der Waals surface area contributed by atoms with Gasteiger partial charge in [0.15, 0.2) is 0 Å². The molecule has 0 nitrogen and oxygen atoms in total. The maximum Gasteiger partial charge on any atom is -0.0678 e. The van der Waals surface area contributed by atoms with Gasteiger partial charge in [0.25, 0.3) is 0 Å². The minimum absolute atomic E-state index is 0.734. The molecule has 0 saturated carbocycles. The minimum atomic E-state index is -1.06. The summed E-state index contributed by atoms with van der Waals surface area (Å²) in [7, 11) is -1.39. The molecule has 0 heterocycles. The first kappa shape index (κ1) is 19.7. The number of hydrogen-bond acceptors (Lipinski definition) is 0. The van der Waals surface area contributed by atoms with Crippen molar-refractivity contribution in [3.8, 4) is 0 Å². The average molecular weight is 316 g/mol. The maximum absolute atomic E-state index is 2.54. The summed E-state index contributed by atoms with van der Waals surface area (Å²) in [6.45, 7) is 25.3. The molecular formula is C16H39Si3-. The van der Waals surface area contributed by atoms with Crippen LogP contribution in [0.3, 0.4) is 0 Å². The van der Waals surface area contributed by atoms with Crippen molar-refractivity contribution in [2.45, 2.75) is 103 Å². The molecule has 0 unspecified atom stereocenters.